The van der Waals surface area contributed by atoms with Crippen molar-refractivity contribution >= 4 is 11.3 Å². The quantitative estimate of drug-likeness (QED) is 0.801. The number of aryl methyl sites for hydroxylation is 1. The third kappa shape index (κ3) is 4.17. The summed E-state index contributed by atoms with van der Waals surface area (Å²) in [6.07, 6.45) is 7.25. The first-order chi connectivity index (χ1) is 12.6. The van der Waals surface area contributed by atoms with Crippen molar-refractivity contribution in [3.8, 4) is 0 Å². The maximum Gasteiger partial charge on any atom is 0.0723 e. The van der Waals surface area contributed by atoms with Crippen molar-refractivity contribution in [3.63, 3.8) is 0 Å². The van der Waals surface area contributed by atoms with Gasteiger partial charge in [0, 0.05) is 54.4 Å². The van der Waals surface area contributed by atoms with Gasteiger partial charge in [0.25, 0.3) is 0 Å². The standard InChI is InChI=1S/C21H29N3OS/c1-17-3-4-20(26-17)15-24-11-7-21(8-12-24)13-19(16-25-21)23(2)14-18-5-9-22-10-6-18/h3-6,9-10,19H,7-8,11-16H2,1-2H3/t19-/m0/s1. The number of hydrogen-bond acceptors (Lipinski definition) is 5. The van der Waals surface area contributed by atoms with E-state index in [0.717, 1.165) is 45.6 Å². The second-order valence-electron chi connectivity index (χ2n) is 7.91. The van der Waals surface area contributed by atoms with Gasteiger partial charge in [0.15, 0.2) is 0 Å². The van der Waals surface area contributed by atoms with Gasteiger partial charge in [0.2, 0.25) is 0 Å². The van der Waals surface area contributed by atoms with Crippen LogP contribution in [0.25, 0.3) is 0 Å². The number of piperidine rings is 1. The van der Waals surface area contributed by atoms with Crippen LogP contribution in [0.4, 0.5) is 0 Å². The van der Waals surface area contributed by atoms with E-state index in [9.17, 15) is 0 Å². The average molecular weight is 372 g/mol. The van der Waals surface area contributed by atoms with Gasteiger partial charge in [-0.05, 0) is 63.1 Å². The molecule has 0 bridgehead atoms. The van der Waals surface area contributed by atoms with Crippen molar-refractivity contribution in [1.29, 1.82) is 0 Å². The number of hydrogen-bond donors (Lipinski definition) is 0. The molecule has 0 amide bonds. The molecule has 0 N–H and O–H groups in total. The lowest BCUT2D eigenvalue weighted by atomic mass is 9.87. The van der Waals surface area contributed by atoms with Gasteiger partial charge in [0.1, 0.15) is 0 Å². The van der Waals surface area contributed by atoms with E-state index in [4.69, 9.17) is 4.74 Å². The molecule has 2 aromatic rings. The third-order valence-corrected chi connectivity index (χ3v) is 6.92. The van der Waals surface area contributed by atoms with Crippen LogP contribution in [0.1, 0.15) is 34.6 Å². The van der Waals surface area contributed by atoms with Crippen molar-refractivity contribution in [1.82, 2.24) is 14.8 Å². The Kier molecular flexibility index (Phi) is 5.41. The lowest BCUT2D eigenvalue weighted by molar-refractivity contribution is -0.0451. The molecule has 2 aromatic heterocycles. The van der Waals surface area contributed by atoms with Crippen molar-refractivity contribution in [2.45, 2.75) is 50.9 Å². The molecular weight excluding hydrogens is 342 g/mol. The third-order valence-electron chi connectivity index (χ3n) is 5.94. The summed E-state index contributed by atoms with van der Waals surface area (Å²) in [6, 6.07) is 9.24. The van der Waals surface area contributed by atoms with E-state index in [-0.39, 0.29) is 5.60 Å². The predicted octanol–water partition coefficient (Wildman–Crippen LogP) is 3.71. The van der Waals surface area contributed by atoms with E-state index in [1.54, 1.807) is 0 Å². The van der Waals surface area contributed by atoms with Crippen LogP contribution >= 0.6 is 11.3 Å². The Bertz CT molecular complexity index is 709. The van der Waals surface area contributed by atoms with Gasteiger partial charge < -0.3 is 4.74 Å². The molecule has 1 atom stereocenters. The zero-order valence-electron chi connectivity index (χ0n) is 15.9. The van der Waals surface area contributed by atoms with Gasteiger partial charge in [-0.1, -0.05) is 0 Å². The highest BCUT2D eigenvalue weighted by Crippen LogP contribution is 2.38. The minimum absolute atomic E-state index is 0.110. The van der Waals surface area contributed by atoms with Crippen LogP contribution in [0.5, 0.6) is 0 Å². The zero-order chi connectivity index (χ0) is 18.0. The van der Waals surface area contributed by atoms with E-state index < -0.39 is 0 Å². The van der Waals surface area contributed by atoms with Gasteiger partial charge in [0.05, 0.1) is 12.2 Å². The predicted molar refractivity (Wildman–Crippen MR) is 106 cm³/mol. The molecule has 1 spiro atoms. The zero-order valence-corrected chi connectivity index (χ0v) is 16.7. The van der Waals surface area contributed by atoms with Crippen LogP contribution in [-0.2, 0) is 17.8 Å². The monoisotopic (exact) mass is 371 g/mol. The summed E-state index contributed by atoms with van der Waals surface area (Å²) in [4.78, 5) is 12.0. The molecule has 0 saturated carbocycles. The lowest BCUT2D eigenvalue weighted by Gasteiger charge is -2.38. The fourth-order valence-corrected chi connectivity index (χ4v) is 5.20. The summed E-state index contributed by atoms with van der Waals surface area (Å²) in [6.45, 7) is 7.42. The van der Waals surface area contributed by atoms with E-state index in [1.165, 1.54) is 21.7 Å². The molecule has 0 unspecified atom stereocenters. The van der Waals surface area contributed by atoms with Crippen LogP contribution < -0.4 is 0 Å². The van der Waals surface area contributed by atoms with E-state index in [2.05, 4.69) is 53.0 Å². The molecular formula is C21H29N3OS. The summed E-state index contributed by atoms with van der Waals surface area (Å²) in [5.41, 5.74) is 1.43. The molecule has 0 aromatic carbocycles. The minimum Gasteiger partial charge on any atom is -0.373 e. The maximum atomic E-state index is 6.38. The van der Waals surface area contributed by atoms with Crippen molar-refractivity contribution in [2.24, 2.45) is 0 Å². The number of likely N-dealkylation sites (N-methyl/N-ethyl adjacent to an activating group) is 1. The molecule has 2 fully saturated rings. The van der Waals surface area contributed by atoms with Crippen LogP contribution in [0.15, 0.2) is 36.7 Å². The fraction of sp³-hybridized carbons (Fsp3) is 0.571. The summed E-state index contributed by atoms with van der Waals surface area (Å²) in [7, 11) is 2.22. The van der Waals surface area contributed by atoms with Gasteiger partial charge in [-0.15, -0.1) is 11.3 Å². The molecule has 0 radical (unpaired) electrons. The van der Waals surface area contributed by atoms with Crippen molar-refractivity contribution < 1.29 is 4.74 Å². The Morgan fingerprint density at radius 1 is 1.23 bits per heavy atom. The second kappa shape index (κ2) is 7.77. The highest BCUT2D eigenvalue weighted by molar-refractivity contribution is 7.11. The van der Waals surface area contributed by atoms with E-state index >= 15 is 0 Å². The second-order valence-corrected chi connectivity index (χ2v) is 9.28. The normalized spacial score (nSPS) is 23.1. The molecule has 2 saturated heterocycles. The Balaban J connectivity index is 1.28. The summed E-state index contributed by atoms with van der Waals surface area (Å²) >= 11 is 1.93. The average Bonchev–Trinajstić information content (AvgIpc) is 3.25. The lowest BCUT2D eigenvalue weighted by Crippen LogP contribution is -2.44. The summed E-state index contributed by atoms with van der Waals surface area (Å²) < 4.78 is 6.38. The minimum atomic E-state index is 0.110. The van der Waals surface area contributed by atoms with Crippen molar-refractivity contribution in [3.05, 3.63) is 52.0 Å². The fourth-order valence-electron chi connectivity index (χ4n) is 4.27. The molecule has 140 valence electrons. The molecule has 5 heteroatoms. The SMILES string of the molecule is Cc1ccc(CN2CCC3(CC2)C[C@H](N(C)Cc2ccncc2)CO3)s1. The van der Waals surface area contributed by atoms with E-state index in [0.29, 0.717) is 6.04 Å². The van der Waals surface area contributed by atoms with Gasteiger partial charge in [-0.25, -0.2) is 0 Å². The molecule has 4 nitrogen and oxygen atoms in total. The van der Waals surface area contributed by atoms with Crippen LogP contribution in [0.2, 0.25) is 0 Å². The van der Waals surface area contributed by atoms with Crippen molar-refractivity contribution in [2.75, 3.05) is 26.7 Å². The Morgan fingerprint density at radius 2 is 2.00 bits per heavy atom. The molecule has 0 aliphatic carbocycles. The number of aromatic nitrogens is 1. The number of nitrogens with zero attached hydrogens (tertiary/aromatic N) is 3. The van der Waals surface area contributed by atoms with Gasteiger partial charge in [-0.3, -0.25) is 14.8 Å². The maximum absolute atomic E-state index is 6.38. The molecule has 2 aliphatic rings. The number of ether oxygens (including phenoxy) is 1. The first kappa shape index (κ1) is 18.1. The van der Waals surface area contributed by atoms with Crippen LogP contribution in [0, 0.1) is 6.92 Å². The number of thiophene rings is 1. The van der Waals surface area contributed by atoms with Gasteiger partial charge >= 0.3 is 0 Å². The van der Waals surface area contributed by atoms with Gasteiger partial charge in [-0.2, -0.15) is 0 Å². The topological polar surface area (TPSA) is 28.6 Å². The van der Waals surface area contributed by atoms with Crippen LogP contribution in [0.3, 0.4) is 0 Å². The van der Waals surface area contributed by atoms with Crippen LogP contribution in [-0.4, -0.2) is 53.2 Å². The Hall–Kier alpha value is -1.27. The van der Waals surface area contributed by atoms with E-state index in [1.807, 2.05) is 23.7 Å². The molecule has 4 rings (SSSR count). The number of likely N-dealkylation sites (tertiary alicyclic amines) is 1. The highest BCUT2D eigenvalue weighted by Gasteiger charge is 2.43. The molecule has 2 aliphatic heterocycles. The largest absolute Gasteiger partial charge is 0.373 e. The summed E-state index contributed by atoms with van der Waals surface area (Å²) in [5, 5.41) is 0. The summed E-state index contributed by atoms with van der Waals surface area (Å²) in [5.74, 6) is 0. The highest BCUT2D eigenvalue weighted by atomic mass is 32.1. The molecule has 26 heavy (non-hydrogen) atoms. The number of pyridine rings is 1. The molecule has 4 heterocycles. The Morgan fingerprint density at radius 3 is 2.69 bits per heavy atom. The Labute approximate surface area is 160 Å². The smallest absolute Gasteiger partial charge is 0.0723 e. The number of rotatable bonds is 5. The first-order valence-corrected chi connectivity index (χ1v) is 10.4. The first-order valence-electron chi connectivity index (χ1n) is 9.63.